The van der Waals surface area contributed by atoms with Crippen LogP contribution in [0.5, 0.6) is 0 Å². The van der Waals surface area contributed by atoms with Crippen molar-refractivity contribution in [3.63, 3.8) is 0 Å². The summed E-state index contributed by atoms with van der Waals surface area (Å²) >= 11 is 9.32. The summed E-state index contributed by atoms with van der Waals surface area (Å²) in [4.78, 5) is 17.0. The average molecular weight is 581 g/mol. The Morgan fingerprint density at radius 2 is 1.51 bits per heavy atom. The molecule has 0 radical (unpaired) electrons. The summed E-state index contributed by atoms with van der Waals surface area (Å²) in [7, 11) is -3.95. The highest BCUT2D eigenvalue weighted by molar-refractivity contribution is 9.10. The number of nitrogens with zero attached hydrogens (tertiary/aromatic N) is 3. The largest absolute Gasteiger partial charge is 0.368 e. The number of anilines is 1. The first-order chi connectivity index (χ1) is 16.7. The predicted molar refractivity (Wildman–Crippen MR) is 138 cm³/mol. The maximum atomic E-state index is 13.5. The van der Waals surface area contributed by atoms with Gasteiger partial charge < -0.3 is 9.80 Å². The van der Waals surface area contributed by atoms with Gasteiger partial charge in [0.1, 0.15) is 5.82 Å². The molecule has 1 aliphatic rings. The fourth-order valence-electron chi connectivity index (χ4n) is 3.89. The molecule has 4 rings (SSSR count). The number of benzene rings is 3. The van der Waals surface area contributed by atoms with Gasteiger partial charge in [-0.2, -0.15) is 4.31 Å². The van der Waals surface area contributed by atoms with Crippen molar-refractivity contribution in [3.05, 3.63) is 93.7 Å². The van der Waals surface area contributed by atoms with E-state index in [1.165, 1.54) is 40.7 Å². The topological polar surface area (TPSA) is 60.9 Å². The number of hydrogen-bond acceptors (Lipinski definition) is 4. The zero-order valence-electron chi connectivity index (χ0n) is 18.8. The first kappa shape index (κ1) is 25.6. The number of carbonyl (C=O) groups excluding carboxylic acids is 1. The Bertz CT molecular complexity index is 1260. The van der Waals surface area contributed by atoms with E-state index in [2.05, 4.69) is 20.8 Å². The molecule has 0 aromatic heterocycles. The molecule has 184 valence electrons. The van der Waals surface area contributed by atoms with E-state index >= 15 is 0 Å². The Hall–Kier alpha value is -2.46. The van der Waals surface area contributed by atoms with Crippen LogP contribution >= 0.6 is 27.5 Å². The lowest BCUT2D eigenvalue weighted by Crippen LogP contribution is -2.51. The van der Waals surface area contributed by atoms with E-state index in [0.29, 0.717) is 31.2 Å². The molecule has 1 aliphatic heterocycles. The lowest BCUT2D eigenvalue weighted by Gasteiger charge is -2.37. The Kier molecular flexibility index (Phi) is 8.11. The van der Waals surface area contributed by atoms with E-state index in [1.54, 1.807) is 17.0 Å². The summed E-state index contributed by atoms with van der Waals surface area (Å²) in [6.45, 7) is 1.83. The summed E-state index contributed by atoms with van der Waals surface area (Å²) in [6.07, 6.45) is 0. The van der Waals surface area contributed by atoms with E-state index in [-0.39, 0.29) is 29.7 Å². The third kappa shape index (κ3) is 6.41. The molecular formula is C25H24BrClFN3O3S. The van der Waals surface area contributed by atoms with E-state index < -0.39 is 10.0 Å². The Balaban J connectivity index is 1.49. The van der Waals surface area contributed by atoms with Gasteiger partial charge in [-0.15, -0.1) is 0 Å². The SMILES string of the molecule is O=C(CN(Cc1ccc(Br)cc1)S(=O)(=O)c1ccc(Cl)cc1)N1CCN(c2ccc(F)cc2)CC1. The number of amides is 1. The molecule has 1 heterocycles. The van der Waals surface area contributed by atoms with Crippen LogP contribution in [-0.4, -0.2) is 56.3 Å². The van der Waals surface area contributed by atoms with Crippen LogP contribution in [0.3, 0.4) is 0 Å². The smallest absolute Gasteiger partial charge is 0.243 e. The second kappa shape index (κ2) is 11.1. The second-order valence-electron chi connectivity index (χ2n) is 8.20. The molecule has 0 N–H and O–H groups in total. The summed E-state index contributed by atoms with van der Waals surface area (Å²) in [5, 5.41) is 0.429. The summed E-state index contributed by atoms with van der Waals surface area (Å²) in [5.74, 6) is -0.561. The molecule has 1 fully saturated rings. The van der Waals surface area contributed by atoms with E-state index in [1.807, 2.05) is 24.3 Å². The van der Waals surface area contributed by atoms with Gasteiger partial charge in [-0.1, -0.05) is 39.7 Å². The van der Waals surface area contributed by atoms with Crippen molar-refractivity contribution in [1.82, 2.24) is 9.21 Å². The van der Waals surface area contributed by atoms with Crippen molar-refractivity contribution in [1.29, 1.82) is 0 Å². The van der Waals surface area contributed by atoms with E-state index in [4.69, 9.17) is 11.6 Å². The minimum atomic E-state index is -3.95. The average Bonchev–Trinajstić information content (AvgIpc) is 2.86. The summed E-state index contributed by atoms with van der Waals surface area (Å²) in [6, 6.07) is 19.5. The third-order valence-electron chi connectivity index (χ3n) is 5.86. The minimum Gasteiger partial charge on any atom is -0.368 e. The molecule has 0 aliphatic carbocycles. The molecule has 1 amide bonds. The molecule has 3 aromatic rings. The number of hydrogen-bond donors (Lipinski definition) is 0. The fourth-order valence-corrected chi connectivity index (χ4v) is 5.66. The van der Waals surface area contributed by atoms with Gasteiger partial charge in [-0.05, 0) is 66.2 Å². The van der Waals surface area contributed by atoms with Crippen molar-refractivity contribution >= 4 is 49.1 Å². The van der Waals surface area contributed by atoms with Gasteiger partial charge in [0.2, 0.25) is 15.9 Å². The number of carbonyl (C=O) groups is 1. The zero-order valence-corrected chi connectivity index (χ0v) is 21.9. The van der Waals surface area contributed by atoms with Gasteiger partial charge in [0, 0.05) is 47.9 Å². The van der Waals surface area contributed by atoms with Crippen LogP contribution in [0.15, 0.2) is 82.2 Å². The molecule has 0 saturated carbocycles. The van der Waals surface area contributed by atoms with Gasteiger partial charge in [-0.3, -0.25) is 4.79 Å². The van der Waals surface area contributed by atoms with Crippen molar-refractivity contribution in [2.24, 2.45) is 0 Å². The van der Waals surface area contributed by atoms with Crippen LogP contribution in [0.1, 0.15) is 5.56 Å². The lowest BCUT2D eigenvalue weighted by atomic mass is 10.2. The van der Waals surface area contributed by atoms with Crippen LogP contribution in [-0.2, 0) is 21.4 Å². The standard InChI is InChI=1S/C25H24BrClFN3O3S/c26-20-3-1-19(2-4-20)17-31(35(33,34)24-11-5-21(27)6-12-24)18-25(32)30-15-13-29(14-16-30)23-9-7-22(28)8-10-23/h1-12H,13-18H2. The highest BCUT2D eigenvalue weighted by Crippen LogP contribution is 2.22. The molecule has 6 nitrogen and oxygen atoms in total. The first-order valence-electron chi connectivity index (χ1n) is 11.0. The first-order valence-corrected chi connectivity index (χ1v) is 13.6. The van der Waals surface area contributed by atoms with Gasteiger partial charge in [0.25, 0.3) is 0 Å². The van der Waals surface area contributed by atoms with E-state index in [9.17, 15) is 17.6 Å². The lowest BCUT2D eigenvalue weighted by molar-refractivity contribution is -0.131. The maximum Gasteiger partial charge on any atom is 0.243 e. The molecular weight excluding hydrogens is 557 g/mol. The monoisotopic (exact) mass is 579 g/mol. The molecule has 10 heteroatoms. The Morgan fingerprint density at radius 3 is 2.11 bits per heavy atom. The molecule has 3 aromatic carbocycles. The van der Waals surface area contributed by atoms with E-state index in [0.717, 1.165) is 15.7 Å². The molecule has 1 saturated heterocycles. The molecule has 0 atom stereocenters. The number of sulfonamides is 1. The van der Waals surface area contributed by atoms with Crippen molar-refractivity contribution in [3.8, 4) is 0 Å². The molecule has 35 heavy (non-hydrogen) atoms. The van der Waals surface area contributed by atoms with Crippen LogP contribution < -0.4 is 4.90 Å². The van der Waals surface area contributed by atoms with Crippen LogP contribution in [0.4, 0.5) is 10.1 Å². The second-order valence-corrected chi connectivity index (χ2v) is 11.5. The number of piperazine rings is 1. The van der Waals surface area contributed by atoms with Crippen molar-refractivity contribution in [2.75, 3.05) is 37.6 Å². The number of rotatable bonds is 7. The minimum absolute atomic E-state index is 0.0551. The van der Waals surface area contributed by atoms with Gasteiger partial charge >= 0.3 is 0 Å². The molecule has 0 bridgehead atoms. The predicted octanol–water partition coefficient (Wildman–Crippen LogP) is 4.78. The van der Waals surface area contributed by atoms with Crippen molar-refractivity contribution < 1.29 is 17.6 Å². The highest BCUT2D eigenvalue weighted by Gasteiger charge is 2.30. The Labute approximate surface area is 218 Å². The number of halogens is 3. The highest BCUT2D eigenvalue weighted by atomic mass is 79.9. The normalized spacial score (nSPS) is 14.4. The fraction of sp³-hybridized carbons (Fsp3) is 0.240. The van der Waals surface area contributed by atoms with Crippen LogP contribution in [0, 0.1) is 5.82 Å². The Morgan fingerprint density at radius 1 is 0.914 bits per heavy atom. The third-order valence-corrected chi connectivity index (χ3v) is 8.45. The van der Waals surface area contributed by atoms with Crippen LogP contribution in [0.2, 0.25) is 5.02 Å². The van der Waals surface area contributed by atoms with Gasteiger partial charge in [0.05, 0.1) is 11.4 Å². The summed E-state index contributed by atoms with van der Waals surface area (Å²) in [5.41, 5.74) is 1.65. The van der Waals surface area contributed by atoms with Gasteiger partial charge in [-0.25, -0.2) is 12.8 Å². The maximum absolute atomic E-state index is 13.5. The van der Waals surface area contributed by atoms with Crippen molar-refractivity contribution in [2.45, 2.75) is 11.4 Å². The molecule has 0 spiro atoms. The zero-order chi connectivity index (χ0) is 25.0. The summed E-state index contributed by atoms with van der Waals surface area (Å²) < 4.78 is 42.2. The molecule has 0 unspecified atom stereocenters. The quantitative estimate of drug-likeness (QED) is 0.404. The van der Waals surface area contributed by atoms with Gasteiger partial charge in [0.15, 0.2) is 0 Å². The van der Waals surface area contributed by atoms with Crippen LogP contribution in [0.25, 0.3) is 0 Å².